The molecule has 11 aromatic carbocycles. The third-order valence-corrected chi connectivity index (χ3v) is 19.1. The Kier molecular flexibility index (Phi) is 15.9. The summed E-state index contributed by atoms with van der Waals surface area (Å²) in [4.78, 5) is 19.5. The van der Waals surface area contributed by atoms with Gasteiger partial charge in [0.15, 0.2) is 0 Å². The molecule has 0 saturated heterocycles. The van der Waals surface area contributed by atoms with Crippen molar-refractivity contribution in [1.82, 2.24) is 33.6 Å². The van der Waals surface area contributed by atoms with E-state index in [0.717, 1.165) is 115 Å². The van der Waals surface area contributed by atoms with Crippen LogP contribution in [0.25, 0.3) is 148 Å². The fraction of sp³-hybridized carbons (Fsp3) is 0.0602. The van der Waals surface area contributed by atoms with Crippen LogP contribution in [-0.2, 0) is 0 Å². The molecule has 9 nitrogen and oxygen atoms in total. The molecule has 1 radical (unpaired) electrons. The molecular weight excluding hydrogens is 1300 g/mol. The van der Waals surface area contributed by atoms with Crippen LogP contribution in [0.3, 0.4) is 0 Å². The zero-order valence-corrected chi connectivity index (χ0v) is 54.9. The van der Waals surface area contributed by atoms with E-state index in [1.165, 1.54) is 65.4 Å². The molecule has 7 aromatic heterocycles. The lowest BCUT2D eigenvalue weighted by molar-refractivity contribution is 0.454. The number of hydrogen-bond donors (Lipinski definition) is 1. The minimum Gasteiger partial charge on any atom is -0.537 e. The molecule has 18 rings (SSSR count). The number of pyridine rings is 4. The maximum atomic E-state index is 8.70. The van der Waals surface area contributed by atoms with Gasteiger partial charge in [-0.2, -0.15) is 0 Å². The van der Waals surface area contributed by atoms with E-state index >= 15 is 0 Å². The quantitative estimate of drug-likeness (QED) is 0.126. The van der Waals surface area contributed by atoms with Crippen LogP contribution in [0, 0.1) is 27.7 Å². The number of benzene rings is 11. The normalized spacial score (nSPS) is 11.4. The molecule has 0 amide bonds. The number of fused-ring (bicyclic) bond motifs is 15. The van der Waals surface area contributed by atoms with Gasteiger partial charge < -0.3 is 23.4 Å². The van der Waals surface area contributed by atoms with Crippen molar-refractivity contribution in [2.75, 3.05) is 0 Å². The topological polar surface area (TPSA) is 95.8 Å². The van der Waals surface area contributed by atoms with Crippen molar-refractivity contribution in [3.8, 4) is 45.1 Å². The predicted octanol–water partition coefficient (Wildman–Crippen LogP) is 22.2. The van der Waals surface area contributed by atoms with Crippen LogP contribution in [0.1, 0.15) is 30.2 Å². The molecule has 0 atom stereocenters. The van der Waals surface area contributed by atoms with Gasteiger partial charge in [-0.25, -0.2) is 0 Å². The lowest BCUT2D eigenvalue weighted by Gasteiger charge is -2.15. The summed E-state index contributed by atoms with van der Waals surface area (Å²) in [6.07, 6.45) is 0. The third-order valence-electron chi connectivity index (χ3n) is 17.8. The SMILES string of the molecule is C.Cc1cc(-c2ccc(-n3c4ccccc4c4ccccc43)cc2)c2ccc3c(-c4ccc(-n5c6ccccc6c6ccccc65)cc4)cc(C)nc3c2n1.Cc1cc(Br)c2ccc3c(Br)cc(C)nc3c2n1.O[B]Oc1ccc(-n2c3ccccc3c3ccccc32)cc1. The number of halogens is 2. The standard InChI is InChI=1S/C50H34N4.C18H13BNO2.C14H10Br2N2.CH4/c1-31-29-43(33-19-23-35(24-20-33)53-45-15-7-3-11-37(45)38-12-4-8-16-46(38)53)41-27-28-42-44(30-32(2)52-50(42)49(41)51-31)34-21-25-36(26-22-34)54-47-17-9-5-13-39(47)40-14-6-10-18-48(40)54;21-19-22-14-11-9-13(10-12-14)20-17-7-3-1-5-15(17)16-6-2-4-8-18(16)20;1-7-5-11(15)9-3-4-10-12(16)6-8(2)18-14(10)13(9)17-7;/h3-30H,1-2H3;1-12,21H;3-6H,1-2H3;1H4. The average molecular weight is 1360 g/mol. The van der Waals surface area contributed by atoms with Gasteiger partial charge in [0.2, 0.25) is 0 Å². The van der Waals surface area contributed by atoms with Crippen molar-refractivity contribution in [3.63, 3.8) is 0 Å². The minimum absolute atomic E-state index is 0. The second-order valence-electron chi connectivity index (χ2n) is 23.7. The highest BCUT2D eigenvalue weighted by Crippen LogP contribution is 2.41. The monoisotopic (exact) mass is 1360 g/mol. The molecule has 12 heteroatoms. The Labute approximate surface area is 566 Å². The van der Waals surface area contributed by atoms with E-state index in [4.69, 9.17) is 19.6 Å². The van der Waals surface area contributed by atoms with Crippen molar-refractivity contribution >= 4 is 149 Å². The van der Waals surface area contributed by atoms with Crippen LogP contribution < -0.4 is 4.65 Å². The van der Waals surface area contributed by atoms with Gasteiger partial charge in [-0.15, -0.1) is 0 Å². The molecule has 0 spiro atoms. The number of nitrogens with zero attached hydrogens (tertiary/aromatic N) is 7. The molecule has 7 heterocycles. The van der Waals surface area contributed by atoms with Crippen LogP contribution in [0.5, 0.6) is 5.75 Å². The highest BCUT2D eigenvalue weighted by Gasteiger charge is 2.19. The molecule has 0 saturated carbocycles. The largest absolute Gasteiger partial charge is 0.569 e. The molecule has 1 N–H and O–H groups in total. The Balaban J connectivity index is 0.000000147. The first kappa shape index (κ1) is 60.5. The van der Waals surface area contributed by atoms with Crippen LogP contribution >= 0.6 is 31.9 Å². The fourth-order valence-electron chi connectivity index (χ4n) is 13.8. The molecule has 0 fully saturated rings. The lowest BCUT2D eigenvalue weighted by atomic mass is 9.95. The van der Waals surface area contributed by atoms with Gasteiger partial charge in [-0.05, 0) is 159 Å². The molecule has 95 heavy (non-hydrogen) atoms. The summed E-state index contributed by atoms with van der Waals surface area (Å²) >= 11 is 7.18. The second kappa shape index (κ2) is 24.9. The molecule has 0 bridgehead atoms. The number of para-hydroxylation sites is 6. The van der Waals surface area contributed by atoms with E-state index < -0.39 is 0 Å². The Morgan fingerprint density at radius 3 is 0.853 bits per heavy atom. The van der Waals surface area contributed by atoms with Gasteiger partial charge in [-0.1, -0.05) is 197 Å². The highest BCUT2D eigenvalue weighted by atomic mass is 79.9. The van der Waals surface area contributed by atoms with Gasteiger partial charge in [0, 0.05) is 103 Å². The summed E-state index contributed by atoms with van der Waals surface area (Å²) in [5.74, 6) is 0.604. The molecule has 0 aliphatic heterocycles. The number of rotatable bonds is 7. The van der Waals surface area contributed by atoms with E-state index in [2.05, 4.69) is 300 Å². The van der Waals surface area contributed by atoms with Gasteiger partial charge >= 0.3 is 7.69 Å². The molecule has 0 aliphatic carbocycles. The molecule has 0 unspecified atom stereocenters. The summed E-state index contributed by atoms with van der Waals surface area (Å²) in [6, 6.07) is 94.0. The lowest BCUT2D eigenvalue weighted by Crippen LogP contribution is -2.00. The van der Waals surface area contributed by atoms with E-state index in [1.807, 2.05) is 50.2 Å². The Morgan fingerprint density at radius 1 is 0.305 bits per heavy atom. The van der Waals surface area contributed by atoms with Gasteiger partial charge in [0.05, 0.1) is 55.2 Å². The third kappa shape index (κ3) is 10.7. The van der Waals surface area contributed by atoms with Crippen molar-refractivity contribution in [3.05, 3.63) is 299 Å². The Hall–Kier alpha value is -10.8. The second-order valence-corrected chi connectivity index (χ2v) is 25.5. The molecule has 18 aromatic rings. The number of hydrogen-bond acceptors (Lipinski definition) is 6. The first-order valence-corrected chi connectivity index (χ1v) is 32.8. The Bertz CT molecular complexity index is 5570. The summed E-state index contributed by atoms with van der Waals surface area (Å²) in [7, 11) is 0.690. The van der Waals surface area contributed by atoms with Gasteiger partial charge in [0.1, 0.15) is 5.75 Å². The summed E-state index contributed by atoms with van der Waals surface area (Å²) in [5.41, 5.74) is 22.8. The van der Waals surface area contributed by atoms with Crippen LogP contribution in [0.15, 0.2) is 276 Å². The zero-order chi connectivity index (χ0) is 63.7. The van der Waals surface area contributed by atoms with E-state index in [1.54, 1.807) is 0 Å². The van der Waals surface area contributed by atoms with Crippen LogP contribution in [-0.4, -0.2) is 46.3 Å². The smallest absolute Gasteiger partial charge is 0.537 e. The maximum Gasteiger partial charge on any atom is 0.569 e. The van der Waals surface area contributed by atoms with Gasteiger partial charge in [0.25, 0.3) is 0 Å². The number of aromatic nitrogens is 7. The average Bonchev–Trinajstić information content (AvgIpc) is 1.76. The van der Waals surface area contributed by atoms with E-state index in [0.29, 0.717) is 13.4 Å². The highest BCUT2D eigenvalue weighted by molar-refractivity contribution is 9.11. The molecule has 0 aliphatic rings. The predicted molar refractivity (Wildman–Crippen MR) is 404 cm³/mol. The summed E-state index contributed by atoms with van der Waals surface area (Å²) in [6.45, 7) is 8.15. The zero-order valence-electron chi connectivity index (χ0n) is 51.7. The number of aryl methyl sites for hydroxylation is 4. The summed E-state index contributed by atoms with van der Waals surface area (Å²) < 4.78 is 14.1. The molecular formula is C83H61BBr2N7O2. The van der Waals surface area contributed by atoms with Crippen molar-refractivity contribution < 1.29 is 9.68 Å². The van der Waals surface area contributed by atoms with Gasteiger partial charge in [-0.3, -0.25) is 19.9 Å². The summed E-state index contributed by atoms with van der Waals surface area (Å²) in [5, 5.41) is 20.6. The van der Waals surface area contributed by atoms with E-state index in [-0.39, 0.29) is 7.43 Å². The first-order valence-electron chi connectivity index (χ1n) is 31.2. The van der Waals surface area contributed by atoms with E-state index in [9.17, 15) is 0 Å². The Morgan fingerprint density at radius 2 is 0.558 bits per heavy atom. The van der Waals surface area contributed by atoms with Crippen molar-refractivity contribution in [2.24, 2.45) is 0 Å². The van der Waals surface area contributed by atoms with Crippen molar-refractivity contribution in [1.29, 1.82) is 0 Å². The van der Waals surface area contributed by atoms with Crippen LogP contribution in [0.4, 0.5) is 0 Å². The molecule has 457 valence electrons. The fourth-order valence-corrected chi connectivity index (χ4v) is 15.1. The van der Waals surface area contributed by atoms with Crippen LogP contribution in [0.2, 0.25) is 0 Å². The minimum atomic E-state index is 0. The first-order chi connectivity index (χ1) is 46.0. The maximum absolute atomic E-state index is 8.70. The van der Waals surface area contributed by atoms with Crippen molar-refractivity contribution in [2.45, 2.75) is 35.1 Å².